The number of likely N-dealkylation sites (tertiary alicyclic amines) is 1. The fourth-order valence-electron chi connectivity index (χ4n) is 10.3. The van der Waals surface area contributed by atoms with Crippen LogP contribution in [0.3, 0.4) is 0 Å². The van der Waals surface area contributed by atoms with Crippen LogP contribution in [-0.4, -0.2) is 92.2 Å². The molecule has 10 nitrogen and oxygen atoms in total. The molecule has 3 N–H and O–H groups in total. The summed E-state index contributed by atoms with van der Waals surface area (Å²) in [4.78, 5) is 24.2. The minimum atomic E-state index is -2.24. The van der Waals surface area contributed by atoms with E-state index in [1.165, 1.54) is 6.07 Å². The number of halogens is 2. The van der Waals surface area contributed by atoms with Crippen LogP contribution >= 0.6 is 0 Å². The number of rotatable bonds is 11. The SMILES string of the molecule is CON=C1CCN(CC2(COc3nc(N4CC5CCC(C4)N5)c4cnc(-c5cc(N)cc6ccc(F)c(C#C[Si](C(C)C)(C(C)C)C(C)C)c56)c(F)c4n3)CC2)CC1. The molecule has 2 bridgehead atoms. The summed E-state index contributed by atoms with van der Waals surface area (Å²) in [6, 6.07) is 7.38. The molecule has 2 atom stereocenters. The summed E-state index contributed by atoms with van der Waals surface area (Å²) >= 11 is 0. The second-order valence-corrected chi connectivity index (χ2v) is 23.8. The number of anilines is 2. The van der Waals surface area contributed by atoms with E-state index < -0.39 is 19.7 Å². The molecule has 2 aromatic carbocycles. The molecular formula is C45H58F2N8O2Si. The van der Waals surface area contributed by atoms with E-state index in [2.05, 4.69) is 73.3 Å². The van der Waals surface area contributed by atoms with E-state index in [0.29, 0.717) is 68.5 Å². The topological polar surface area (TPSA) is 114 Å². The molecular weight excluding hydrogens is 751 g/mol. The first-order valence-corrected chi connectivity index (χ1v) is 23.4. The normalized spacial score (nSPS) is 20.6. The van der Waals surface area contributed by atoms with E-state index >= 15 is 8.78 Å². The van der Waals surface area contributed by atoms with Gasteiger partial charge in [-0.1, -0.05) is 58.7 Å². The van der Waals surface area contributed by atoms with E-state index in [0.717, 1.165) is 77.0 Å². The number of pyridine rings is 1. The summed E-state index contributed by atoms with van der Waals surface area (Å²) in [6.45, 7) is 18.1. The highest BCUT2D eigenvalue weighted by atomic mass is 28.3. The van der Waals surface area contributed by atoms with Crippen LogP contribution in [0.2, 0.25) is 16.6 Å². The molecule has 4 fully saturated rings. The number of piperidine rings is 1. The Bertz CT molecular complexity index is 2260. The number of nitrogens with zero attached hydrogens (tertiary/aromatic N) is 6. The van der Waals surface area contributed by atoms with E-state index in [1.807, 2.05) is 0 Å². The van der Waals surface area contributed by atoms with E-state index in [1.54, 1.807) is 31.5 Å². The first-order chi connectivity index (χ1) is 27.8. The molecule has 2 aromatic heterocycles. The maximum Gasteiger partial charge on any atom is 0.319 e. The Morgan fingerprint density at radius 3 is 2.33 bits per heavy atom. The predicted octanol–water partition coefficient (Wildman–Crippen LogP) is 8.47. The van der Waals surface area contributed by atoms with Crippen LogP contribution in [0.25, 0.3) is 32.9 Å². The van der Waals surface area contributed by atoms with Crippen LogP contribution in [0.4, 0.5) is 20.3 Å². The maximum atomic E-state index is 17.5. The van der Waals surface area contributed by atoms with Crippen molar-refractivity contribution >= 4 is 47.0 Å². The van der Waals surface area contributed by atoms with Crippen LogP contribution in [0.1, 0.15) is 85.6 Å². The van der Waals surface area contributed by atoms with Gasteiger partial charge >= 0.3 is 6.01 Å². The number of aromatic nitrogens is 3. The van der Waals surface area contributed by atoms with Crippen molar-refractivity contribution in [1.29, 1.82) is 0 Å². The Balaban J connectivity index is 1.21. The second-order valence-electron chi connectivity index (χ2n) is 18.2. The summed E-state index contributed by atoms with van der Waals surface area (Å²) in [5, 5.41) is 9.53. The van der Waals surface area contributed by atoms with Crippen molar-refractivity contribution in [1.82, 2.24) is 25.2 Å². The third-order valence-electron chi connectivity index (χ3n) is 13.5. The Morgan fingerprint density at radius 1 is 1.00 bits per heavy atom. The van der Waals surface area contributed by atoms with Gasteiger partial charge in [0, 0.05) is 85.9 Å². The summed E-state index contributed by atoms with van der Waals surface area (Å²) in [6.07, 6.45) is 7.71. The number of oxime groups is 1. The molecule has 3 saturated heterocycles. The van der Waals surface area contributed by atoms with E-state index in [4.69, 9.17) is 30.3 Å². The Labute approximate surface area is 342 Å². The van der Waals surface area contributed by atoms with Gasteiger partial charge in [-0.25, -0.2) is 8.78 Å². The van der Waals surface area contributed by atoms with Gasteiger partial charge in [0.05, 0.1) is 23.3 Å². The van der Waals surface area contributed by atoms with Gasteiger partial charge < -0.3 is 30.4 Å². The summed E-state index contributed by atoms with van der Waals surface area (Å²) in [5.41, 5.74) is 13.5. The molecule has 8 rings (SSSR count). The number of nitrogens with two attached hydrogens (primary N) is 1. The zero-order valence-electron chi connectivity index (χ0n) is 35.1. The first-order valence-electron chi connectivity index (χ1n) is 21.2. The largest absolute Gasteiger partial charge is 0.463 e. The van der Waals surface area contributed by atoms with Gasteiger partial charge in [0.2, 0.25) is 0 Å². The van der Waals surface area contributed by atoms with Crippen LogP contribution in [0.15, 0.2) is 35.6 Å². The van der Waals surface area contributed by atoms with Crippen molar-refractivity contribution < 1.29 is 18.4 Å². The zero-order valence-corrected chi connectivity index (χ0v) is 36.1. The fraction of sp³-hybridized carbons (Fsp3) is 0.556. The smallest absolute Gasteiger partial charge is 0.319 e. The average molecular weight is 809 g/mol. The van der Waals surface area contributed by atoms with Gasteiger partial charge in [0.15, 0.2) is 5.82 Å². The first kappa shape index (κ1) is 40.4. The Hall–Kier alpha value is -4.38. The van der Waals surface area contributed by atoms with Crippen LogP contribution in [0.5, 0.6) is 6.01 Å². The number of ether oxygens (including phenoxy) is 1. The van der Waals surface area contributed by atoms with Gasteiger partial charge in [-0.2, -0.15) is 9.97 Å². The minimum absolute atomic E-state index is 0.00632. The standard InChI is InChI=1S/C45H58F2N8O2Si/c1-27(2)58(28(3)4,29(5)6)19-14-35-38(46)11-8-30-20-31(48)21-36(39(30)35)41-40(47)42-37(22-49-41)43(55-23-33-9-10-34(24-55)50-33)52-44(51-42)57-26-45(15-16-45)25-54-17-12-32(13-18-54)53-56-7/h8,11,20-22,27-29,33-34,50H,9-10,12-13,15-18,23-26,48H2,1-7H3. The summed E-state index contributed by atoms with van der Waals surface area (Å²) in [7, 11) is -0.646. The second kappa shape index (κ2) is 16.0. The molecule has 13 heteroatoms. The molecule has 1 aliphatic carbocycles. The van der Waals surface area contributed by atoms with Crippen molar-refractivity contribution in [2.45, 2.75) is 109 Å². The van der Waals surface area contributed by atoms with Crippen LogP contribution in [0, 0.1) is 28.5 Å². The third-order valence-corrected chi connectivity index (χ3v) is 19.7. The minimum Gasteiger partial charge on any atom is -0.463 e. The highest BCUT2D eigenvalue weighted by Gasteiger charge is 2.46. The lowest BCUT2D eigenvalue weighted by atomic mass is 9.95. The number of hydrogen-bond acceptors (Lipinski definition) is 10. The van der Waals surface area contributed by atoms with Gasteiger partial charge in [-0.05, 0) is 65.9 Å². The molecule has 2 unspecified atom stereocenters. The number of nitrogens with one attached hydrogen (secondary N) is 1. The monoisotopic (exact) mass is 808 g/mol. The van der Waals surface area contributed by atoms with Crippen LogP contribution in [-0.2, 0) is 4.84 Å². The zero-order chi connectivity index (χ0) is 40.9. The Morgan fingerprint density at radius 2 is 1.69 bits per heavy atom. The maximum absolute atomic E-state index is 17.5. The van der Waals surface area contributed by atoms with Gasteiger partial charge in [-0.15, -0.1) is 5.54 Å². The highest BCUT2D eigenvalue weighted by Crippen LogP contribution is 2.47. The van der Waals surface area contributed by atoms with Crippen molar-refractivity contribution in [2.75, 3.05) is 57.1 Å². The number of hydrogen-bond donors (Lipinski definition) is 2. The van der Waals surface area contributed by atoms with Crippen LogP contribution < -0.4 is 20.7 Å². The van der Waals surface area contributed by atoms with E-state index in [9.17, 15) is 0 Å². The number of nitrogen functional groups attached to an aromatic ring is 1. The van der Waals surface area contributed by atoms with Gasteiger partial charge in [0.1, 0.15) is 38.0 Å². The Kier molecular flexibility index (Phi) is 11.1. The molecule has 4 aliphatic rings. The van der Waals surface area contributed by atoms with Crippen molar-refractivity contribution in [3.8, 4) is 28.7 Å². The number of fused-ring (bicyclic) bond motifs is 4. The molecule has 1 saturated carbocycles. The fourth-order valence-corrected chi connectivity index (χ4v) is 15.5. The molecule has 308 valence electrons. The molecule has 58 heavy (non-hydrogen) atoms. The molecule has 0 spiro atoms. The van der Waals surface area contributed by atoms with Crippen molar-refractivity contribution in [2.24, 2.45) is 10.6 Å². The molecule has 5 heterocycles. The third kappa shape index (κ3) is 7.63. The quantitative estimate of drug-likeness (QED) is 0.0667. The molecule has 0 amide bonds. The molecule has 4 aromatic rings. The van der Waals surface area contributed by atoms with E-state index in [-0.39, 0.29) is 28.2 Å². The van der Waals surface area contributed by atoms with Gasteiger partial charge in [-0.3, -0.25) is 4.98 Å². The summed E-state index contributed by atoms with van der Waals surface area (Å²) < 4.78 is 40.1. The van der Waals surface area contributed by atoms with Crippen molar-refractivity contribution in [3.63, 3.8) is 0 Å². The highest BCUT2D eigenvalue weighted by molar-refractivity contribution is 6.90. The lowest BCUT2D eigenvalue weighted by Crippen LogP contribution is -2.51. The lowest BCUT2D eigenvalue weighted by Gasteiger charge is -2.38. The lowest BCUT2D eigenvalue weighted by molar-refractivity contribution is 0.151. The van der Waals surface area contributed by atoms with Crippen molar-refractivity contribution in [3.05, 3.63) is 47.7 Å². The molecule has 0 radical (unpaired) electrons. The number of piperazine rings is 1. The average Bonchev–Trinajstić information content (AvgIpc) is 3.87. The molecule has 3 aliphatic heterocycles. The summed E-state index contributed by atoms with van der Waals surface area (Å²) in [5.74, 6) is 2.88. The number of benzene rings is 2. The van der Waals surface area contributed by atoms with Gasteiger partial charge in [0.25, 0.3) is 0 Å². The predicted molar refractivity (Wildman–Crippen MR) is 232 cm³/mol.